The second kappa shape index (κ2) is 10.0. The van der Waals surface area contributed by atoms with Gasteiger partial charge in [-0.15, -0.1) is 0 Å². The molecule has 0 aromatic carbocycles. The Morgan fingerprint density at radius 1 is 1.28 bits per heavy atom. The number of aryl methyl sites for hydroxylation is 1. The van der Waals surface area contributed by atoms with E-state index < -0.39 is 0 Å². The van der Waals surface area contributed by atoms with Gasteiger partial charge in [0.05, 0.1) is 0 Å². The predicted molar refractivity (Wildman–Crippen MR) is 96.4 cm³/mol. The molecule has 1 fully saturated rings. The highest BCUT2D eigenvalue weighted by Crippen LogP contribution is 2.28. The van der Waals surface area contributed by atoms with Crippen molar-refractivity contribution in [1.82, 2.24) is 26.1 Å². The molecule has 0 unspecified atom stereocenters. The van der Waals surface area contributed by atoms with Crippen LogP contribution >= 0.6 is 0 Å². The molecule has 1 aromatic rings. The topological polar surface area (TPSA) is 104 Å². The Labute approximate surface area is 149 Å². The van der Waals surface area contributed by atoms with Gasteiger partial charge in [0, 0.05) is 44.4 Å². The fraction of sp³-hybridized carbons (Fsp3) is 0.765. The quantitative estimate of drug-likeness (QED) is 0.333. The first-order valence-corrected chi connectivity index (χ1v) is 9.22. The van der Waals surface area contributed by atoms with Gasteiger partial charge >= 0.3 is 0 Å². The van der Waals surface area contributed by atoms with E-state index in [2.05, 4.69) is 31.1 Å². The standard InChI is InChI=1S/C17H30N6O2/c1-4-18-17(21-11-10-19-16(24)13-7-8-13)20-9-5-6-14-22-15(12(2)3)23-25-14/h12-13H,4-11H2,1-3H3,(H,19,24)(H2,18,20,21). The summed E-state index contributed by atoms with van der Waals surface area (Å²) in [4.78, 5) is 20.4. The average molecular weight is 350 g/mol. The summed E-state index contributed by atoms with van der Waals surface area (Å²) in [6.45, 7) is 8.84. The summed E-state index contributed by atoms with van der Waals surface area (Å²) in [5, 5.41) is 13.3. The Morgan fingerprint density at radius 3 is 2.68 bits per heavy atom. The van der Waals surface area contributed by atoms with Crippen LogP contribution in [0.1, 0.15) is 57.7 Å². The van der Waals surface area contributed by atoms with Gasteiger partial charge in [0.15, 0.2) is 11.8 Å². The van der Waals surface area contributed by atoms with Crippen molar-refractivity contribution in [2.75, 3.05) is 26.2 Å². The van der Waals surface area contributed by atoms with Gasteiger partial charge in [0.25, 0.3) is 0 Å². The number of hydrogen-bond donors (Lipinski definition) is 3. The summed E-state index contributed by atoms with van der Waals surface area (Å²) in [7, 11) is 0. The zero-order valence-electron chi connectivity index (χ0n) is 15.5. The van der Waals surface area contributed by atoms with E-state index in [4.69, 9.17) is 4.52 Å². The van der Waals surface area contributed by atoms with Crippen molar-refractivity contribution in [3.8, 4) is 0 Å². The third-order valence-corrected chi connectivity index (χ3v) is 3.83. The molecule has 1 aliphatic carbocycles. The number of amides is 1. The molecule has 0 aliphatic heterocycles. The number of nitrogens with one attached hydrogen (secondary N) is 3. The molecule has 2 rings (SSSR count). The van der Waals surface area contributed by atoms with Gasteiger partial charge in [0.2, 0.25) is 11.8 Å². The van der Waals surface area contributed by atoms with Gasteiger partial charge in [-0.25, -0.2) is 0 Å². The zero-order valence-corrected chi connectivity index (χ0v) is 15.5. The number of carbonyl (C=O) groups excluding carboxylic acids is 1. The van der Waals surface area contributed by atoms with E-state index in [0.29, 0.717) is 25.5 Å². The molecular weight excluding hydrogens is 320 g/mol. The molecule has 1 saturated carbocycles. The number of aromatic nitrogens is 2. The maximum atomic E-state index is 11.6. The summed E-state index contributed by atoms with van der Waals surface area (Å²) in [5.74, 6) is 2.88. The third-order valence-electron chi connectivity index (χ3n) is 3.83. The Balaban J connectivity index is 1.64. The van der Waals surface area contributed by atoms with Crippen molar-refractivity contribution in [2.45, 2.75) is 52.4 Å². The van der Waals surface area contributed by atoms with Crippen LogP contribution in [0.3, 0.4) is 0 Å². The molecule has 8 heteroatoms. The summed E-state index contributed by atoms with van der Waals surface area (Å²) in [6.07, 6.45) is 3.62. The maximum absolute atomic E-state index is 11.6. The summed E-state index contributed by atoms with van der Waals surface area (Å²) >= 11 is 0. The molecule has 140 valence electrons. The van der Waals surface area contributed by atoms with E-state index in [-0.39, 0.29) is 17.7 Å². The Kier molecular flexibility index (Phi) is 7.69. The van der Waals surface area contributed by atoms with Gasteiger partial charge in [-0.2, -0.15) is 4.98 Å². The Hall–Kier alpha value is -2.12. The van der Waals surface area contributed by atoms with Crippen LogP contribution < -0.4 is 16.0 Å². The van der Waals surface area contributed by atoms with Crippen LogP contribution in [0.15, 0.2) is 9.52 Å². The van der Waals surface area contributed by atoms with Crippen molar-refractivity contribution in [3.63, 3.8) is 0 Å². The fourth-order valence-electron chi connectivity index (χ4n) is 2.22. The second-order valence-electron chi connectivity index (χ2n) is 6.56. The highest BCUT2D eigenvalue weighted by atomic mass is 16.5. The number of guanidine groups is 1. The first-order valence-electron chi connectivity index (χ1n) is 9.22. The van der Waals surface area contributed by atoms with Gasteiger partial charge in [0.1, 0.15) is 0 Å². The monoisotopic (exact) mass is 350 g/mol. The van der Waals surface area contributed by atoms with E-state index in [1.54, 1.807) is 0 Å². The number of rotatable bonds is 10. The van der Waals surface area contributed by atoms with E-state index in [0.717, 1.165) is 44.0 Å². The molecule has 25 heavy (non-hydrogen) atoms. The lowest BCUT2D eigenvalue weighted by Crippen LogP contribution is -2.41. The smallest absolute Gasteiger partial charge is 0.226 e. The molecule has 0 saturated heterocycles. The van der Waals surface area contributed by atoms with Crippen molar-refractivity contribution in [2.24, 2.45) is 10.9 Å². The van der Waals surface area contributed by atoms with Crippen molar-refractivity contribution in [3.05, 3.63) is 11.7 Å². The summed E-state index contributed by atoms with van der Waals surface area (Å²) < 4.78 is 5.23. The molecule has 1 amide bonds. The number of carbonyl (C=O) groups is 1. The first-order chi connectivity index (χ1) is 12.1. The van der Waals surface area contributed by atoms with Gasteiger partial charge in [-0.3, -0.25) is 9.79 Å². The highest BCUT2D eigenvalue weighted by Gasteiger charge is 2.28. The minimum Gasteiger partial charge on any atom is -0.357 e. The van der Waals surface area contributed by atoms with Crippen LogP contribution in [0.2, 0.25) is 0 Å². The fourth-order valence-corrected chi connectivity index (χ4v) is 2.22. The zero-order chi connectivity index (χ0) is 18.1. The normalized spacial score (nSPS) is 14.6. The van der Waals surface area contributed by atoms with Crippen molar-refractivity contribution in [1.29, 1.82) is 0 Å². The molecule has 0 bridgehead atoms. The molecular formula is C17H30N6O2. The van der Waals surface area contributed by atoms with Crippen LogP contribution in [0, 0.1) is 5.92 Å². The van der Waals surface area contributed by atoms with Crippen LogP contribution in [0.5, 0.6) is 0 Å². The van der Waals surface area contributed by atoms with E-state index in [1.165, 1.54) is 0 Å². The molecule has 1 aliphatic rings. The van der Waals surface area contributed by atoms with Crippen LogP contribution in [-0.4, -0.2) is 48.2 Å². The molecule has 0 spiro atoms. The molecule has 1 aromatic heterocycles. The van der Waals surface area contributed by atoms with Crippen molar-refractivity contribution >= 4 is 11.9 Å². The highest BCUT2D eigenvalue weighted by molar-refractivity contribution is 5.81. The van der Waals surface area contributed by atoms with Crippen LogP contribution in [-0.2, 0) is 11.2 Å². The van der Waals surface area contributed by atoms with Crippen LogP contribution in [0.4, 0.5) is 0 Å². The molecule has 3 N–H and O–H groups in total. The average Bonchev–Trinajstić information content (AvgIpc) is 3.33. The van der Waals surface area contributed by atoms with Crippen LogP contribution in [0.25, 0.3) is 0 Å². The lowest BCUT2D eigenvalue weighted by molar-refractivity contribution is -0.122. The van der Waals surface area contributed by atoms with E-state index >= 15 is 0 Å². The first kappa shape index (κ1) is 19.2. The summed E-state index contributed by atoms with van der Waals surface area (Å²) in [5.41, 5.74) is 0. The number of nitrogens with zero attached hydrogens (tertiary/aromatic N) is 3. The minimum atomic E-state index is 0.170. The third kappa shape index (κ3) is 7.11. The van der Waals surface area contributed by atoms with E-state index in [1.807, 2.05) is 20.8 Å². The van der Waals surface area contributed by atoms with Gasteiger partial charge in [-0.1, -0.05) is 19.0 Å². The summed E-state index contributed by atoms with van der Waals surface area (Å²) in [6, 6.07) is 0. The van der Waals surface area contributed by atoms with Gasteiger partial charge < -0.3 is 20.5 Å². The SMILES string of the molecule is CCNC(=NCCCc1nc(C(C)C)no1)NCCNC(=O)C1CC1. The van der Waals surface area contributed by atoms with Crippen molar-refractivity contribution < 1.29 is 9.32 Å². The number of aliphatic imine (C=N–C) groups is 1. The second-order valence-corrected chi connectivity index (χ2v) is 6.56. The Morgan fingerprint density at radius 2 is 2.04 bits per heavy atom. The number of hydrogen-bond acceptors (Lipinski definition) is 5. The van der Waals surface area contributed by atoms with E-state index in [9.17, 15) is 4.79 Å². The molecule has 8 nitrogen and oxygen atoms in total. The lowest BCUT2D eigenvalue weighted by Gasteiger charge is -2.11. The molecule has 0 atom stereocenters. The predicted octanol–water partition coefficient (Wildman–Crippen LogP) is 1.21. The molecule has 0 radical (unpaired) electrons. The largest absolute Gasteiger partial charge is 0.357 e. The van der Waals surface area contributed by atoms with Gasteiger partial charge in [-0.05, 0) is 26.2 Å². The maximum Gasteiger partial charge on any atom is 0.226 e. The Bertz CT molecular complexity index is 565. The lowest BCUT2D eigenvalue weighted by atomic mass is 10.2. The molecule has 1 heterocycles. The minimum absolute atomic E-state index is 0.170.